The Bertz CT molecular complexity index is 1100. The largest absolute Gasteiger partial charge is 0.445 e. The first kappa shape index (κ1) is 30.6. The molecular weight excluding hydrogens is 450 g/mol. The monoisotopic (exact) mass is 497 g/mol. The molecule has 5 heteroatoms. The van der Waals surface area contributed by atoms with Gasteiger partial charge in [0.2, 0.25) is 0 Å². The molecule has 194 valence electrons. The molecule has 4 aromatic rings. The Hall–Kier alpha value is -2.40. The molecule has 0 fully saturated rings. The lowest BCUT2D eigenvalue weighted by molar-refractivity contribution is 0.443. The first-order valence-electron chi connectivity index (χ1n) is 13.1. The lowest BCUT2D eigenvalue weighted by Crippen LogP contribution is -1.85. The van der Waals surface area contributed by atoms with E-state index in [1.807, 2.05) is 51.4 Å². The molecule has 0 saturated carbocycles. The topological polar surface area (TPSA) is 54.7 Å². The Morgan fingerprint density at radius 1 is 0.857 bits per heavy atom. The zero-order valence-corrected chi connectivity index (χ0v) is 24.6. The van der Waals surface area contributed by atoms with Crippen LogP contribution in [0, 0.1) is 6.92 Å². The molecule has 0 unspecified atom stereocenters. The predicted octanol–water partition coefficient (Wildman–Crippen LogP) is 9.82. The highest BCUT2D eigenvalue weighted by molar-refractivity contribution is 7.19. The molecule has 0 radical (unpaired) electrons. The summed E-state index contributed by atoms with van der Waals surface area (Å²) in [6.45, 7) is 23.2. The number of H-pyrrole nitrogens is 1. The predicted molar refractivity (Wildman–Crippen MR) is 154 cm³/mol. The number of aryl methyl sites for hydroxylation is 3. The van der Waals surface area contributed by atoms with Crippen molar-refractivity contribution >= 4 is 21.4 Å². The summed E-state index contributed by atoms with van der Waals surface area (Å²) < 4.78 is 6.82. The van der Waals surface area contributed by atoms with Crippen molar-refractivity contribution < 1.29 is 4.42 Å². The molecule has 0 aliphatic rings. The Kier molecular flexibility index (Phi) is 13.6. The molecule has 0 saturated heterocycles. The fourth-order valence-electron chi connectivity index (χ4n) is 3.12. The van der Waals surface area contributed by atoms with Crippen LogP contribution < -0.4 is 0 Å². The summed E-state index contributed by atoms with van der Waals surface area (Å²) in [6, 6.07) is 9.15. The normalized spacial score (nSPS) is 10.6. The second-order valence-corrected chi connectivity index (χ2v) is 10.4. The van der Waals surface area contributed by atoms with E-state index in [4.69, 9.17) is 4.42 Å². The summed E-state index contributed by atoms with van der Waals surface area (Å²) in [5.41, 5.74) is 2.66. The van der Waals surface area contributed by atoms with E-state index in [0.717, 1.165) is 30.3 Å². The molecule has 0 aliphatic heterocycles. The number of nitrogens with zero attached hydrogens (tertiary/aromatic N) is 2. The number of nitrogens with one attached hydrogen (secondary N) is 1. The van der Waals surface area contributed by atoms with Crippen molar-refractivity contribution in [2.24, 2.45) is 0 Å². The van der Waals surface area contributed by atoms with Gasteiger partial charge in [0.1, 0.15) is 11.6 Å². The standard InChI is InChI=1S/C13H16S.C8H13NO.C7H12N2.C2H6/c1-4-12-7-11-6-5-10(9(2)3)8-13(11)14-12;1-4-8-9-5-7(10-8)6(2)3;1-5(2)7-4-8-6(3)9-7;1-2/h5-9H,4H2,1-3H3;5-6H,4H2,1-3H3;4-5H,1-3H3,(H,8,9);1-2H3. The number of imidazole rings is 1. The van der Waals surface area contributed by atoms with Crippen molar-refractivity contribution in [1.29, 1.82) is 0 Å². The van der Waals surface area contributed by atoms with Crippen LogP contribution in [0.15, 0.2) is 41.1 Å². The van der Waals surface area contributed by atoms with Crippen molar-refractivity contribution in [3.05, 3.63) is 70.3 Å². The average Bonchev–Trinajstić information content (AvgIpc) is 3.59. The van der Waals surface area contributed by atoms with Gasteiger partial charge in [-0.05, 0) is 48.3 Å². The van der Waals surface area contributed by atoms with E-state index in [9.17, 15) is 0 Å². The highest BCUT2D eigenvalue weighted by atomic mass is 32.1. The number of thiophene rings is 1. The fraction of sp³-hybridized carbons (Fsp3) is 0.533. The van der Waals surface area contributed by atoms with Gasteiger partial charge >= 0.3 is 0 Å². The van der Waals surface area contributed by atoms with Crippen LogP contribution in [0.4, 0.5) is 0 Å². The van der Waals surface area contributed by atoms with Crippen LogP contribution in [0.2, 0.25) is 0 Å². The van der Waals surface area contributed by atoms with Crippen LogP contribution in [0.25, 0.3) is 10.1 Å². The minimum atomic E-state index is 0.452. The van der Waals surface area contributed by atoms with E-state index < -0.39 is 0 Å². The van der Waals surface area contributed by atoms with E-state index in [0.29, 0.717) is 17.8 Å². The van der Waals surface area contributed by atoms with Gasteiger partial charge in [0.25, 0.3) is 0 Å². The molecular formula is C30H47N3OS. The first-order valence-corrected chi connectivity index (χ1v) is 13.9. The third-order valence-electron chi connectivity index (χ3n) is 5.40. The van der Waals surface area contributed by atoms with Crippen LogP contribution >= 0.6 is 11.3 Å². The van der Waals surface area contributed by atoms with Gasteiger partial charge < -0.3 is 9.40 Å². The second kappa shape index (κ2) is 15.6. The molecule has 0 atom stereocenters. The number of aromatic nitrogens is 3. The Morgan fingerprint density at radius 3 is 1.94 bits per heavy atom. The van der Waals surface area contributed by atoms with Crippen LogP contribution in [0.1, 0.15) is 121 Å². The maximum Gasteiger partial charge on any atom is 0.194 e. The van der Waals surface area contributed by atoms with Crippen LogP contribution in [0.3, 0.4) is 0 Å². The molecule has 0 bridgehead atoms. The van der Waals surface area contributed by atoms with Crippen molar-refractivity contribution in [3.8, 4) is 0 Å². The van der Waals surface area contributed by atoms with E-state index in [1.54, 1.807) is 0 Å². The number of rotatable bonds is 5. The Labute approximate surface area is 217 Å². The van der Waals surface area contributed by atoms with Gasteiger partial charge in [-0.2, -0.15) is 0 Å². The minimum Gasteiger partial charge on any atom is -0.445 e. The minimum absolute atomic E-state index is 0.452. The van der Waals surface area contributed by atoms with Crippen molar-refractivity contribution in [2.45, 2.75) is 107 Å². The van der Waals surface area contributed by atoms with Gasteiger partial charge in [0, 0.05) is 33.8 Å². The van der Waals surface area contributed by atoms with Crippen molar-refractivity contribution in [1.82, 2.24) is 15.0 Å². The molecule has 35 heavy (non-hydrogen) atoms. The van der Waals surface area contributed by atoms with Crippen LogP contribution in [-0.2, 0) is 12.8 Å². The molecule has 1 aromatic carbocycles. The lowest BCUT2D eigenvalue weighted by atomic mass is 10.0. The smallest absolute Gasteiger partial charge is 0.194 e. The summed E-state index contributed by atoms with van der Waals surface area (Å²) >= 11 is 1.93. The SMILES string of the molecule is CC.CCc1cc2ccc(C(C)C)cc2s1.CCc1ncc(C(C)C)o1.Cc1ncc(C(C)C)[nH]1. The fourth-order valence-corrected chi connectivity index (χ4v) is 4.18. The summed E-state index contributed by atoms with van der Waals surface area (Å²) in [5, 5.41) is 1.40. The summed E-state index contributed by atoms with van der Waals surface area (Å²) in [7, 11) is 0. The maximum atomic E-state index is 5.38. The number of hydrogen-bond acceptors (Lipinski definition) is 4. The third-order valence-corrected chi connectivity index (χ3v) is 6.64. The van der Waals surface area contributed by atoms with E-state index >= 15 is 0 Å². The average molecular weight is 498 g/mol. The van der Waals surface area contributed by atoms with Gasteiger partial charge in [0.05, 0.1) is 6.20 Å². The quantitative estimate of drug-likeness (QED) is 0.298. The van der Waals surface area contributed by atoms with Crippen molar-refractivity contribution in [2.75, 3.05) is 0 Å². The second-order valence-electron chi connectivity index (χ2n) is 9.26. The molecule has 0 spiro atoms. The molecule has 3 heterocycles. The molecule has 1 N–H and O–H groups in total. The van der Waals surface area contributed by atoms with Gasteiger partial charge in [-0.25, -0.2) is 9.97 Å². The van der Waals surface area contributed by atoms with Gasteiger partial charge in [-0.3, -0.25) is 0 Å². The highest BCUT2D eigenvalue weighted by Gasteiger charge is 2.05. The number of fused-ring (bicyclic) bond motifs is 1. The van der Waals surface area contributed by atoms with Gasteiger partial charge in [0.15, 0.2) is 5.89 Å². The first-order chi connectivity index (χ1) is 16.6. The van der Waals surface area contributed by atoms with Gasteiger partial charge in [-0.15, -0.1) is 11.3 Å². The number of aromatic amines is 1. The molecule has 4 nitrogen and oxygen atoms in total. The zero-order valence-electron chi connectivity index (χ0n) is 23.8. The summed E-state index contributed by atoms with van der Waals surface area (Å²) in [5.74, 6) is 4.46. The third kappa shape index (κ3) is 10.0. The molecule has 4 rings (SSSR count). The number of oxazole rings is 1. The maximum absolute atomic E-state index is 5.38. The number of benzene rings is 1. The van der Waals surface area contributed by atoms with Gasteiger partial charge in [-0.1, -0.05) is 81.4 Å². The molecule has 3 aromatic heterocycles. The van der Waals surface area contributed by atoms with Crippen LogP contribution in [-0.4, -0.2) is 15.0 Å². The lowest BCUT2D eigenvalue weighted by Gasteiger charge is -2.03. The Balaban J connectivity index is 0.000000261. The van der Waals surface area contributed by atoms with E-state index in [2.05, 4.69) is 87.7 Å². The van der Waals surface area contributed by atoms with E-state index in [1.165, 1.54) is 26.2 Å². The van der Waals surface area contributed by atoms with Crippen LogP contribution in [0.5, 0.6) is 0 Å². The van der Waals surface area contributed by atoms with Crippen molar-refractivity contribution in [3.63, 3.8) is 0 Å². The molecule has 0 aliphatic carbocycles. The van der Waals surface area contributed by atoms with E-state index in [-0.39, 0.29) is 0 Å². The highest BCUT2D eigenvalue weighted by Crippen LogP contribution is 2.29. The number of hydrogen-bond donors (Lipinski definition) is 1. The summed E-state index contributed by atoms with van der Waals surface area (Å²) in [6.07, 6.45) is 5.73. The zero-order chi connectivity index (χ0) is 26.5. The molecule has 0 amide bonds. The summed E-state index contributed by atoms with van der Waals surface area (Å²) in [4.78, 5) is 12.8. The Morgan fingerprint density at radius 2 is 1.54 bits per heavy atom.